The molecule has 0 saturated heterocycles. The zero-order valence-electron chi connectivity index (χ0n) is 10.3. The van der Waals surface area contributed by atoms with Gasteiger partial charge in [-0.05, 0) is 12.3 Å². The van der Waals surface area contributed by atoms with Gasteiger partial charge in [0.2, 0.25) is 5.91 Å². The Morgan fingerprint density at radius 3 is 2.53 bits per heavy atom. The van der Waals surface area contributed by atoms with Gasteiger partial charge in [0.25, 0.3) is 6.43 Å². The van der Waals surface area contributed by atoms with Crippen LogP contribution in [-0.4, -0.2) is 43.3 Å². The van der Waals surface area contributed by atoms with E-state index in [0.29, 0.717) is 12.3 Å². The van der Waals surface area contributed by atoms with Crippen LogP contribution < -0.4 is 5.32 Å². The summed E-state index contributed by atoms with van der Waals surface area (Å²) in [5, 5.41) is 11.7. The molecule has 4 nitrogen and oxygen atoms in total. The van der Waals surface area contributed by atoms with Gasteiger partial charge in [0.15, 0.2) is 0 Å². The molecule has 0 aliphatic carbocycles. The van der Waals surface area contributed by atoms with Crippen molar-refractivity contribution in [3.05, 3.63) is 0 Å². The summed E-state index contributed by atoms with van der Waals surface area (Å²) >= 11 is 0. The number of aliphatic hydroxyl groups excluding tert-OH is 1. The summed E-state index contributed by atoms with van der Waals surface area (Å²) in [6.07, 6.45) is -1.80. The van der Waals surface area contributed by atoms with E-state index in [9.17, 15) is 13.6 Å². The molecule has 0 radical (unpaired) electrons. The lowest BCUT2D eigenvalue weighted by Gasteiger charge is -2.18. The minimum atomic E-state index is -2.51. The van der Waals surface area contributed by atoms with Crippen molar-refractivity contribution in [2.75, 3.05) is 19.8 Å². The number of ether oxygens (including phenoxy) is 1. The van der Waals surface area contributed by atoms with Gasteiger partial charge in [0, 0.05) is 6.42 Å². The quantitative estimate of drug-likeness (QED) is 0.607. The maximum Gasteiger partial charge on any atom is 0.261 e. The van der Waals surface area contributed by atoms with Crippen molar-refractivity contribution in [2.45, 2.75) is 39.2 Å². The number of alkyl halides is 2. The van der Waals surface area contributed by atoms with Gasteiger partial charge in [-0.3, -0.25) is 4.79 Å². The lowest BCUT2D eigenvalue weighted by molar-refractivity contribution is -0.123. The van der Waals surface area contributed by atoms with Gasteiger partial charge in [0.1, 0.15) is 6.61 Å². The highest BCUT2D eigenvalue weighted by molar-refractivity contribution is 5.76. The summed E-state index contributed by atoms with van der Waals surface area (Å²) in [6.45, 7) is 3.17. The van der Waals surface area contributed by atoms with Gasteiger partial charge in [-0.25, -0.2) is 8.78 Å². The van der Waals surface area contributed by atoms with E-state index < -0.39 is 13.0 Å². The number of hydrogen-bond donors (Lipinski definition) is 2. The molecule has 0 aromatic heterocycles. The SMILES string of the molecule is CC(C)CC(CO)NC(=O)CCOCC(F)F. The Hall–Kier alpha value is -0.750. The van der Waals surface area contributed by atoms with E-state index in [-0.39, 0.29) is 31.6 Å². The fourth-order valence-corrected chi connectivity index (χ4v) is 1.39. The molecule has 0 aromatic rings. The van der Waals surface area contributed by atoms with Crippen LogP contribution in [0.2, 0.25) is 0 Å². The van der Waals surface area contributed by atoms with E-state index in [4.69, 9.17) is 5.11 Å². The molecule has 102 valence electrons. The summed E-state index contributed by atoms with van der Waals surface area (Å²) in [5.41, 5.74) is 0. The molecular formula is C11H21F2NO3. The van der Waals surface area contributed by atoms with Crippen LogP contribution in [0.15, 0.2) is 0 Å². The number of nitrogens with one attached hydrogen (secondary N) is 1. The molecule has 0 aliphatic rings. The average molecular weight is 253 g/mol. The lowest BCUT2D eigenvalue weighted by Crippen LogP contribution is -2.38. The molecule has 0 spiro atoms. The first kappa shape index (κ1) is 16.2. The fraction of sp³-hybridized carbons (Fsp3) is 0.909. The van der Waals surface area contributed by atoms with E-state index in [1.54, 1.807) is 0 Å². The molecule has 1 unspecified atom stereocenters. The Morgan fingerprint density at radius 2 is 2.06 bits per heavy atom. The first-order chi connectivity index (χ1) is 7.95. The van der Waals surface area contributed by atoms with Gasteiger partial charge in [-0.15, -0.1) is 0 Å². The monoisotopic (exact) mass is 253 g/mol. The second kappa shape index (κ2) is 9.30. The summed E-state index contributed by atoms with van der Waals surface area (Å²) < 4.78 is 28.0. The van der Waals surface area contributed by atoms with Crippen LogP contribution in [0.5, 0.6) is 0 Å². The topological polar surface area (TPSA) is 58.6 Å². The summed E-state index contributed by atoms with van der Waals surface area (Å²) in [5.74, 6) is 0.0708. The predicted molar refractivity (Wildman–Crippen MR) is 59.9 cm³/mol. The largest absolute Gasteiger partial charge is 0.394 e. The highest BCUT2D eigenvalue weighted by atomic mass is 19.3. The molecule has 0 saturated carbocycles. The third-order valence-electron chi connectivity index (χ3n) is 2.06. The van der Waals surface area contributed by atoms with E-state index in [1.807, 2.05) is 13.8 Å². The maximum atomic E-state index is 11.7. The molecule has 0 aromatic carbocycles. The Balaban J connectivity index is 3.68. The van der Waals surface area contributed by atoms with Crippen LogP contribution in [0.4, 0.5) is 8.78 Å². The maximum absolute atomic E-state index is 11.7. The Labute approximate surface area is 100 Å². The third kappa shape index (κ3) is 10.1. The number of amides is 1. The van der Waals surface area contributed by atoms with Gasteiger partial charge in [-0.1, -0.05) is 13.8 Å². The molecule has 0 rings (SSSR count). The zero-order valence-corrected chi connectivity index (χ0v) is 10.3. The van der Waals surface area contributed by atoms with Crippen molar-refractivity contribution in [3.8, 4) is 0 Å². The normalized spacial score (nSPS) is 13.1. The van der Waals surface area contributed by atoms with Crippen molar-refractivity contribution in [2.24, 2.45) is 5.92 Å². The van der Waals surface area contributed by atoms with Crippen molar-refractivity contribution >= 4 is 5.91 Å². The summed E-state index contributed by atoms with van der Waals surface area (Å²) in [6, 6.07) is -0.280. The molecule has 17 heavy (non-hydrogen) atoms. The van der Waals surface area contributed by atoms with Gasteiger partial charge in [0.05, 0.1) is 19.3 Å². The first-order valence-electron chi connectivity index (χ1n) is 5.71. The molecule has 6 heteroatoms. The molecule has 0 fully saturated rings. The van der Waals surface area contributed by atoms with Crippen LogP contribution in [-0.2, 0) is 9.53 Å². The fourth-order valence-electron chi connectivity index (χ4n) is 1.39. The molecule has 0 heterocycles. The number of halogens is 2. The Kier molecular flexibility index (Phi) is 8.89. The van der Waals surface area contributed by atoms with Crippen LogP contribution in [0.3, 0.4) is 0 Å². The number of rotatable bonds is 9. The molecule has 0 bridgehead atoms. The Morgan fingerprint density at radius 1 is 1.41 bits per heavy atom. The van der Waals surface area contributed by atoms with E-state index in [0.717, 1.165) is 0 Å². The minimum absolute atomic E-state index is 0.0291. The van der Waals surface area contributed by atoms with Crippen molar-refractivity contribution in [1.29, 1.82) is 0 Å². The van der Waals surface area contributed by atoms with E-state index >= 15 is 0 Å². The number of aliphatic hydroxyl groups is 1. The van der Waals surface area contributed by atoms with Gasteiger partial charge < -0.3 is 15.2 Å². The van der Waals surface area contributed by atoms with Crippen LogP contribution in [0.1, 0.15) is 26.7 Å². The number of carbonyl (C=O) groups is 1. The smallest absolute Gasteiger partial charge is 0.261 e. The molecule has 1 amide bonds. The number of carbonyl (C=O) groups excluding carboxylic acids is 1. The second-order valence-corrected chi connectivity index (χ2v) is 4.29. The molecule has 0 aliphatic heterocycles. The lowest BCUT2D eigenvalue weighted by atomic mass is 10.0. The zero-order chi connectivity index (χ0) is 13.3. The van der Waals surface area contributed by atoms with E-state index in [1.165, 1.54) is 0 Å². The third-order valence-corrected chi connectivity index (χ3v) is 2.06. The highest BCUT2D eigenvalue weighted by Gasteiger charge is 2.13. The van der Waals surface area contributed by atoms with Crippen LogP contribution in [0.25, 0.3) is 0 Å². The summed E-state index contributed by atoms with van der Waals surface area (Å²) in [7, 11) is 0. The van der Waals surface area contributed by atoms with Crippen molar-refractivity contribution in [1.82, 2.24) is 5.32 Å². The van der Waals surface area contributed by atoms with Crippen molar-refractivity contribution < 1.29 is 23.4 Å². The minimum Gasteiger partial charge on any atom is -0.394 e. The highest BCUT2D eigenvalue weighted by Crippen LogP contribution is 2.04. The first-order valence-corrected chi connectivity index (χ1v) is 5.71. The standard InChI is InChI=1S/C11H21F2NO3/c1-8(2)5-9(6-15)14-11(16)3-4-17-7-10(12)13/h8-10,15H,3-7H2,1-2H3,(H,14,16). The van der Waals surface area contributed by atoms with Gasteiger partial charge >= 0.3 is 0 Å². The van der Waals surface area contributed by atoms with Gasteiger partial charge in [-0.2, -0.15) is 0 Å². The molecular weight excluding hydrogens is 232 g/mol. The van der Waals surface area contributed by atoms with Crippen LogP contribution >= 0.6 is 0 Å². The Bertz CT molecular complexity index is 213. The molecule has 2 N–H and O–H groups in total. The second-order valence-electron chi connectivity index (χ2n) is 4.29. The molecule has 1 atom stereocenters. The summed E-state index contributed by atoms with van der Waals surface area (Å²) in [4.78, 5) is 11.3. The van der Waals surface area contributed by atoms with Crippen molar-refractivity contribution in [3.63, 3.8) is 0 Å². The van der Waals surface area contributed by atoms with Crippen LogP contribution in [0, 0.1) is 5.92 Å². The van der Waals surface area contributed by atoms with E-state index in [2.05, 4.69) is 10.1 Å². The number of hydrogen-bond acceptors (Lipinski definition) is 3. The average Bonchev–Trinajstić information content (AvgIpc) is 2.22. The predicted octanol–water partition coefficient (Wildman–Crippen LogP) is 1.18.